The Hall–Kier alpha value is -2.85. The minimum Gasteiger partial charge on any atom is -0.383 e. The second kappa shape index (κ2) is 8.03. The molecule has 0 fully saturated rings. The van der Waals surface area contributed by atoms with Gasteiger partial charge < -0.3 is 9.88 Å². The zero-order valence-electron chi connectivity index (χ0n) is 16.1. The quantitative estimate of drug-likeness (QED) is 0.440. The van der Waals surface area contributed by atoms with Crippen molar-refractivity contribution in [3.8, 4) is 11.3 Å². The van der Waals surface area contributed by atoms with Crippen LogP contribution in [0.1, 0.15) is 25.3 Å². The summed E-state index contributed by atoms with van der Waals surface area (Å²) in [4.78, 5) is 8.75. The van der Waals surface area contributed by atoms with Crippen molar-refractivity contribution < 1.29 is 0 Å². The second-order valence-electron chi connectivity index (χ2n) is 7.20. The van der Waals surface area contributed by atoms with E-state index in [1.165, 1.54) is 11.1 Å². The van der Waals surface area contributed by atoms with Crippen molar-refractivity contribution in [3.63, 3.8) is 0 Å². The summed E-state index contributed by atoms with van der Waals surface area (Å²) in [5.74, 6) is 0.535. The van der Waals surface area contributed by atoms with Crippen molar-refractivity contribution in [2.24, 2.45) is 0 Å². The molecule has 2 heterocycles. The lowest BCUT2D eigenvalue weighted by molar-refractivity contribution is 0.733. The molecule has 0 saturated heterocycles. The molecule has 0 aliphatic carbocycles. The number of aromatic nitrogens is 3. The molecule has 0 saturated carbocycles. The Kier molecular flexibility index (Phi) is 5.31. The van der Waals surface area contributed by atoms with Crippen molar-refractivity contribution in [2.75, 3.05) is 11.9 Å². The van der Waals surface area contributed by atoms with E-state index in [1.54, 1.807) is 6.20 Å². The largest absolute Gasteiger partial charge is 0.383 e. The molecule has 142 valence electrons. The molecule has 28 heavy (non-hydrogen) atoms. The maximum absolute atomic E-state index is 6.07. The van der Waals surface area contributed by atoms with Crippen LogP contribution >= 0.6 is 11.6 Å². The molecule has 4 nitrogen and oxygen atoms in total. The van der Waals surface area contributed by atoms with E-state index in [9.17, 15) is 0 Å². The van der Waals surface area contributed by atoms with E-state index in [0.717, 1.165) is 35.4 Å². The number of imidazole rings is 1. The average molecular weight is 391 g/mol. The van der Waals surface area contributed by atoms with Crippen LogP contribution in [0.4, 0.5) is 5.69 Å². The number of pyridine rings is 1. The first-order valence-corrected chi connectivity index (χ1v) is 9.88. The highest BCUT2D eigenvalue weighted by molar-refractivity contribution is 6.31. The van der Waals surface area contributed by atoms with Gasteiger partial charge in [-0.25, -0.2) is 4.98 Å². The van der Waals surface area contributed by atoms with Crippen LogP contribution < -0.4 is 5.32 Å². The molecule has 2 aromatic carbocycles. The van der Waals surface area contributed by atoms with Crippen LogP contribution in [0, 0.1) is 0 Å². The molecule has 0 aliphatic rings. The van der Waals surface area contributed by atoms with E-state index in [2.05, 4.69) is 58.0 Å². The van der Waals surface area contributed by atoms with E-state index < -0.39 is 0 Å². The molecular weight excluding hydrogens is 368 g/mol. The van der Waals surface area contributed by atoms with Gasteiger partial charge >= 0.3 is 0 Å². The first kappa shape index (κ1) is 18.5. The van der Waals surface area contributed by atoms with Gasteiger partial charge in [-0.1, -0.05) is 49.7 Å². The third kappa shape index (κ3) is 3.87. The molecule has 0 aliphatic heterocycles. The molecule has 0 spiro atoms. The monoisotopic (exact) mass is 390 g/mol. The fourth-order valence-corrected chi connectivity index (χ4v) is 3.53. The van der Waals surface area contributed by atoms with Crippen molar-refractivity contribution in [3.05, 3.63) is 77.8 Å². The first-order chi connectivity index (χ1) is 13.6. The third-order valence-electron chi connectivity index (χ3n) is 4.96. The number of benzene rings is 2. The Labute approximate surface area is 170 Å². The van der Waals surface area contributed by atoms with Gasteiger partial charge in [0.1, 0.15) is 0 Å². The molecule has 2 aromatic heterocycles. The Morgan fingerprint density at radius 3 is 2.68 bits per heavy atom. The fourth-order valence-electron chi connectivity index (χ4n) is 3.36. The predicted octanol–water partition coefficient (Wildman–Crippen LogP) is 5.99. The summed E-state index contributed by atoms with van der Waals surface area (Å²) in [6.07, 6.45) is 5.62. The summed E-state index contributed by atoms with van der Waals surface area (Å²) in [5.41, 5.74) is 5.62. The molecule has 0 amide bonds. The zero-order valence-corrected chi connectivity index (χ0v) is 16.8. The topological polar surface area (TPSA) is 42.7 Å². The fraction of sp³-hybridized carbons (Fsp3) is 0.217. The van der Waals surface area contributed by atoms with Gasteiger partial charge in [0.2, 0.25) is 0 Å². The van der Waals surface area contributed by atoms with Gasteiger partial charge in [-0.3, -0.25) is 4.98 Å². The molecule has 4 aromatic rings. The number of hydrogen-bond acceptors (Lipinski definition) is 3. The lowest BCUT2D eigenvalue weighted by atomic mass is 10.0. The van der Waals surface area contributed by atoms with Crippen LogP contribution in [-0.4, -0.2) is 21.1 Å². The Bertz CT molecular complexity index is 1080. The van der Waals surface area contributed by atoms with E-state index in [-0.39, 0.29) is 0 Å². The number of nitrogens with one attached hydrogen (secondary N) is 1. The number of rotatable bonds is 6. The number of anilines is 1. The van der Waals surface area contributed by atoms with Crippen molar-refractivity contribution >= 4 is 28.2 Å². The molecule has 0 bridgehead atoms. The summed E-state index contributed by atoms with van der Waals surface area (Å²) in [6, 6.07) is 16.5. The van der Waals surface area contributed by atoms with Crippen LogP contribution in [0.25, 0.3) is 22.2 Å². The summed E-state index contributed by atoms with van der Waals surface area (Å²) in [7, 11) is 0. The number of halogens is 1. The Morgan fingerprint density at radius 1 is 1.07 bits per heavy atom. The maximum Gasteiger partial charge on any atom is 0.0951 e. The van der Waals surface area contributed by atoms with Gasteiger partial charge in [-0.15, -0.1) is 0 Å². The van der Waals surface area contributed by atoms with E-state index >= 15 is 0 Å². The first-order valence-electron chi connectivity index (χ1n) is 9.50. The van der Waals surface area contributed by atoms with Crippen LogP contribution in [0.2, 0.25) is 5.02 Å². The molecule has 0 unspecified atom stereocenters. The minimum absolute atomic E-state index is 0.535. The molecule has 4 rings (SSSR count). The van der Waals surface area contributed by atoms with Gasteiger partial charge in [0.25, 0.3) is 0 Å². The third-order valence-corrected chi connectivity index (χ3v) is 5.19. The van der Waals surface area contributed by atoms with E-state index in [1.807, 2.05) is 36.8 Å². The number of nitrogens with zero attached hydrogens (tertiary/aromatic N) is 3. The molecule has 5 heteroatoms. The lowest BCUT2D eigenvalue weighted by Gasteiger charge is -2.12. The van der Waals surface area contributed by atoms with Gasteiger partial charge in [-0.2, -0.15) is 0 Å². The lowest BCUT2D eigenvalue weighted by Crippen LogP contribution is -2.11. The van der Waals surface area contributed by atoms with Crippen molar-refractivity contribution in [1.82, 2.24) is 14.5 Å². The normalized spacial score (nSPS) is 11.3. The second-order valence-corrected chi connectivity index (χ2v) is 7.63. The van der Waals surface area contributed by atoms with Gasteiger partial charge in [-0.05, 0) is 41.3 Å². The van der Waals surface area contributed by atoms with E-state index in [4.69, 9.17) is 11.6 Å². The zero-order chi connectivity index (χ0) is 19.5. The molecule has 0 atom stereocenters. The molecule has 1 N–H and O–H groups in total. The van der Waals surface area contributed by atoms with Crippen LogP contribution in [0.5, 0.6) is 0 Å². The standard InChI is InChI=1S/C23H23ClN4/c1-16(2)17-3-5-18(6-4-17)23-14-25-15-28(23)12-11-27-21-9-10-26-22-13-19(24)7-8-20(21)22/h3-10,13-16H,11-12H2,1-2H3,(H,26,27). The maximum atomic E-state index is 6.07. The molecular formula is C23H23ClN4. The highest BCUT2D eigenvalue weighted by Gasteiger charge is 2.07. The predicted molar refractivity (Wildman–Crippen MR) is 117 cm³/mol. The number of fused-ring (bicyclic) bond motifs is 1. The summed E-state index contributed by atoms with van der Waals surface area (Å²) in [5, 5.41) is 5.29. The Balaban J connectivity index is 1.48. The minimum atomic E-state index is 0.535. The molecule has 0 radical (unpaired) electrons. The summed E-state index contributed by atoms with van der Waals surface area (Å²) < 4.78 is 2.18. The van der Waals surface area contributed by atoms with Gasteiger partial charge in [0.15, 0.2) is 0 Å². The summed E-state index contributed by atoms with van der Waals surface area (Å²) in [6.45, 7) is 6.03. The Morgan fingerprint density at radius 2 is 1.89 bits per heavy atom. The van der Waals surface area contributed by atoms with Crippen LogP contribution in [-0.2, 0) is 6.54 Å². The van der Waals surface area contributed by atoms with Crippen LogP contribution in [0.15, 0.2) is 67.3 Å². The highest BCUT2D eigenvalue weighted by Crippen LogP contribution is 2.25. The smallest absolute Gasteiger partial charge is 0.0951 e. The van der Waals surface area contributed by atoms with Gasteiger partial charge in [0.05, 0.1) is 23.7 Å². The average Bonchev–Trinajstić information content (AvgIpc) is 3.16. The summed E-state index contributed by atoms with van der Waals surface area (Å²) >= 11 is 6.07. The van der Waals surface area contributed by atoms with Crippen molar-refractivity contribution in [1.29, 1.82) is 0 Å². The highest BCUT2D eigenvalue weighted by atomic mass is 35.5. The number of hydrogen-bond donors (Lipinski definition) is 1. The SMILES string of the molecule is CC(C)c1ccc(-c2cncn2CCNc2ccnc3cc(Cl)ccc23)cc1. The van der Waals surface area contributed by atoms with Crippen molar-refractivity contribution in [2.45, 2.75) is 26.3 Å². The van der Waals surface area contributed by atoms with E-state index in [0.29, 0.717) is 10.9 Å². The van der Waals surface area contributed by atoms with Crippen LogP contribution in [0.3, 0.4) is 0 Å². The van der Waals surface area contributed by atoms with Gasteiger partial charge in [0, 0.05) is 35.4 Å².